The van der Waals surface area contributed by atoms with Crippen molar-refractivity contribution in [3.8, 4) is 33.8 Å². The zero-order chi connectivity index (χ0) is 30.8. The molecule has 222 valence electrons. The van der Waals surface area contributed by atoms with Crippen LogP contribution in [-0.2, 0) is 0 Å². The van der Waals surface area contributed by atoms with E-state index in [1.54, 1.807) is 46.6 Å². The summed E-state index contributed by atoms with van der Waals surface area (Å²) in [4.78, 5) is 30.6. The SMILES string of the molecule is COc1ccc(-c2cc(C(=O)N3CCN(C(=O)c4ccc(-c5ccccc5)cc4)CC3)c(C)n2-c2ccc(F)cc2F)cc1. The first-order chi connectivity index (χ1) is 21.3. The molecule has 2 amide bonds. The van der Waals surface area contributed by atoms with E-state index in [1.807, 2.05) is 66.7 Å². The van der Waals surface area contributed by atoms with E-state index in [0.29, 0.717) is 54.4 Å². The number of ether oxygens (including phenoxy) is 1. The number of rotatable bonds is 6. The smallest absolute Gasteiger partial charge is 0.255 e. The van der Waals surface area contributed by atoms with E-state index in [1.165, 1.54) is 12.1 Å². The van der Waals surface area contributed by atoms with Gasteiger partial charge in [-0.2, -0.15) is 0 Å². The lowest BCUT2D eigenvalue weighted by Crippen LogP contribution is -2.50. The number of halogens is 2. The molecular formula is C36H31F2N3O3. The van der Waals surface area contributed by atoms with Crippen LogP contribution in [0.25, 0.3) is 28.1 Å². The molecule has 2 heterocycles. The van der Waals surface area contributed by atoms with E-state index in [9.17, 15) is 14.0 Å². The molecule has 0 unspecified atom stereocenters. The topological polar surface area (TPSA) is 54.8 Å². The van der Waals surface area contributed by atoms with Crippen molar-refractivity contribution in [2.45, 2.75) is 6.92 Å². The van der Waals surface area contributed by atoms with Crippen molar-refractivity contribution in [1.29, 1.82) is 0 Å². The van der Waals surface area contributed by atoms with Crippen LogP contribution < -0.4 is 4.74 Å². The highest BCUT2D eigenvalue weighted by Crippen LogP contribution is 2.33. The summed E-state index contributed by atoms with van der Waals surface area (Å²) in [7, 11) is 1.57. The maximum Gasteiger partial charge on any atom is 0.255 e. The first kappa shape index (κ1) is 28.9. The summed E-state index contributed by atoms with van der Waals surface area (Å²) in [6.45, 7) is 3.26. The lowest BCUT2D eigenvalue weighted by Gasteiger charge is -2.35. The highest BCUT2D eigenvalue weighted by molar-refractivity contribution is 5.98. The van der Waals surface area contributed by atoms with Gasteiger partial charge in [0.05, 0.1) is 24.1 Å². The number of nitrogens with zero attached hydrogens (tertiary/aromatic N) is 3. The predicted octanol–water partition coefficient (Wildman–Crippen LogP) is 7.00. The summed E-state index contributed by atoms with van der Waals surface area (Å²) in [5.74, 6) is -1.04. The number of piperazine rings is 1. The van der Waals surface area contributed by atoms with Crippen LogP contribution in [0.15, 0.2) is 103 Å². The standard InChI is InChI=1S/C36H31F2N3O3/c1-24-31(23-34(27-12-15-30(44-2)16-13-27)41(24)33-17-14-29(37)22-32(33)38)36(43)40-20-18-39(19-21-40)35(42)28-10-8-26(9-11-28)25-6-4-3-5-7-25/h3-17,22-23H,18-21H2,1-2H3. The Hall–Kier alpha value is -5.24. The first-order valence-electron chi connectivity index (χ1n) is 14.4. The molecule has 1 aromatic heterocycles. The molecule has 0 bridgehead atoms. The van der Waals surface area contributed by atoms with Crippen LogP contribution in [0.4, 0.5) is 8.78 Å². The van der Waals surface area contributed by atoms with Gasteiger partial charge in [-0.05, 0) is 78.2 Å². The van der Waals surface area contributed by atoms with E-state index in [-0.39, 0.29) is 17.5 Å². The highest BCUT2D eigenvalue weighted by atomic mass is 19.1. The Labute approximate surface area is 254 Å². The van der Waals surface area contributed by atoms with Crippen LogP contribution in [0.3, 0.4) is 0 Å². The minimum atomic E-state index is -0.735. The van der Waals surface area contributed by atoms with E-state index < -0.39 is 11.6 Å². The van der Waals surface area contributed by atoms with Gasteiger partial charge in [0.25, 0.3) is 11.8 Å². The quantitative estimate of drug-likeness (QED) is 0.214. The number of carbonyl (C=O) groups excluding carboxylic acids is 2. The van der Waals surface area contributed by atoms with Gasteiger partial charge in [0.1, 0.15) is 17.4 Å². The number of hydrogen-bond donors (Lipinski definition) is 0. The Morgan fingerprint density at radius 1 is 0.682 bits per heavy atom. The van der Waals surface area contributed by atoms with E-state index in [2.05, 4.69) is 0 Å². The number of methoxy groups -OCH3 is 1. The molecule has 0 saturated carbocycles. The Balaban J connectivity index is 1.22. The average Bonchev–Trinajstić information content (AvgIpc) is 3.41. The summed E-state index contributed by atoms with van der Waals surface area (Å²) in [6, 6.07) is 29.9. The van der Waals surface area contributed by atoms with E-state index >= 15 is 4.39 Å². The number of hydrogen-bond acceptors (Lipinski definition) is 3. The summed E-state index contributed by atoms with van der Waals surface area (Å²) < 4.78 is 35.7. The molecular weight excluding hydrogens is 560 g/mol. The molecule has 0 atom stereocenters. The summed E-state index contributed by atoms with van der Waals surface area (Å²) >= 11 is 0. The van der Waals surface area contributed by atoms with Gasteiger partial charge < -0.3 is 19.1 Å². The van der Waals surface area contributed by atoms with Gasteiger partial charge in [-0.15, -0.1) is 0 Å². The molecule has 4 aromatic carbocycles. The second kappa shape index (κ2) is 12.2. The minimum Gasteiger partial charge on any atom is -0.497 e. The second-order valence-electron chi connectivity index (χ2n) is 10.7. The van der Waals surface area contributed by atoms with Crippen molar-refractivity contribution >= 4 is 11.8 Å². The number of aromatic nitrogens is 1. The highest BCUT2D eigenvalue weighted by Gasteiger charge is 2.29. The van der Waals surface area contributed by atoms with Gasteiger partial charge in [-0.3, -0.25) is 9.59 Å². The lowest BCUT2D eigenvalue weighted by atomic mass is 10.0. The van der Waals surface area contributed by atoms with Crippen molar-refractivity contribution in [1.82, 2.24) is 14.4 Å². The second-order valence-corrected chi connectivity index (χ2v) is 10.7. The fourth-order valence-corrected chi connectivity index (χ4v) is 5.67. The fraction of sp³-hybridized carbons (Fsp3) is 0.167. The van der Waals surface area contributed by atoms with Crippen LogP contribution in [-0.4, -0.2) is 59.5 Å². The monoisotopic (exact) mass is 591 g/mol. The molecule has 6 rings (SSSR count). The summed E-state index contributed by atoms with van der Waals surface area (Å²) in [5, 5.41) is 0. The molecule has 5 aromatic rings. The normalized spacial score (nSPS) is 13.2. The number of carbonyl (C=O) groups is 2. The third-order valence-corrected chi connectivity index (χ3v) is 8.11. The average molecular weight is 592 g/mol. The third kappa shape index (κ3) is 5.58. The molecule has 0 aliphatic carbocycles. The van der Waals surface area contributed by atoms with Crippen LogP contribution in [0.5, 0.6) is 5.75 Å². The third-order valence-electron chi connectivity index (χ3n) is 8.11. The molecule has 1 aliphatic rings. The molecule has 0 N–H and O–H groups in total. The van der Waals surface area contributed by atoms with Crippen molar-refractivity contribution in [2.75, 3.05) is 33.3 Å². The number of amides is 2. The maximum absolute atomic E-state index is 15.0. The molecule has 44 heavy (non-hydrogen) atoms. The molecule has 0 radical (unpaired) electrons. The predicted molar refractivity (Wildman–Crippen MR) is 166 cm³/mol. The van der Waals surface area contributed by atoms with Crippen LogP contribution in [0.1, 0.15) is 26.4 Å². The van der Waals surface area contributed by atoms with Gasteiger partial charge in [0, 0.05) is 43.5 Å². The fourth-order valence-electron chi connectivity index (χ4n) is 5.67. The zero-order valence-electron chi connectivity index (χ0n) is 24.5. The van der Waals surface area contributed by atoms with Gasteiger partial charge in [-0.1, -0.05) is 42.5 Å². The van der Waals surface area contributed by atoms with Gasteiger partial charge in [0.15, 0.2) is 0 Å². The molecule has 8 heteroatoms. The largest absolute Gasteiger partial charge is 0.497 e. The van der Waals surface area contributed by atoms with Crippen LogP contribution >= 0.6 is 0 Å². The molecule has 6 nitrogen and oxygen atoms in total. The summed E-state index contributed by atoms with van der Waals surface area (Å²) in [5.41, 5.74) is 5.14. The summed E-state index contributed by atoms with van der Waals surface area (Å²) in [6.07, 6.45) is 0. The van der Waals surface area contributed by atoms with Crippen LogP contribution in [0.2, 0.25) is 0 Å². The van der Waals surface area contributed by atoms with E-state index in [4.69, 9.17) is 4.74 Å². The van der Waals surface area contributed by atoms with Crippen LogP contribution in [0, 0.1) is 18.6 Å². The first-order valence-corrected chi connectivity index (χ1v) is 14.4. The molecule has 0 spiro atoms. The van der Waals surface area contributed by atoms with Crippen molar-refractivity contribution in [3.05, 3.63) is 132 Å². The Morgan fingerprint density at radius 3 is 1.89 bits per heavy atom. The van der Waals surface area contributed by atoms with Gasteiger partial charge >= 0.3 is 0 Å². The Kier molecular flexibility index (Phi) is 7.98. The molecule has 1 saturated heterocycles. The molecule has 1 fully saturated rings. The number of benzene rings is 4. The Morgan fingerprint density at radius 2 is 1.27 bits per heavy atom. The zero-order valence-corrected chi connectivity index (χ0v) is 24.5. The maximum atomic E-state index is 15.0. The van der Waals surface area contributed by atoms with Crippen molar-refractivity contribution < 1.29 is 23.1 Å². The molecule has 1 aliphatic heterocycles. The van der Waals surface area contributed by atoms with Crippen molar-refractivity contribution in [3.63, 3.8) is 0 Å². The van der Waals surface area contributed by atoms with Crippen molar-refractivity contribution in [2.24, 2.45) is 0 Å². The Bertz CT molecular complexity index is 1810. The van der Waals surface area contributed by atoms with Gasteiger partial charge in [0.2, 0.25) is 0 Å². The van der Waals surface area contributed by atoms with E-state index in [0.717, 1.165) is 22.8 Å². The van der Waals surface area contributed by atoms with Gasteiger partial charge in [-0.25, -0.2) is 8.78 Å². The minimum absolute atomic E-state index is 0.0763. The lowest BCUT2D eigenvalue weighted by molar-refractivity contribution is 0.0535.